The molecule has 1 atom stereocenters. The van der Waals surface area contributed by atoms with E-state index in [2.05, 4.69) is 5.10 Å². The first-order valence-corrected chi connectivity index (χ1v) is 7.41. The molecule has 0 N–H and O–H groups in total. The Morgan fingerprint density at radius 1 is 1.32 bits per heavy atom. The van der Waals surface area contributed by atoms with Gasteiger partial charge in [0.25, 0.3) is 0 Å². The third-order valence-corrected chi connectivity index (χ3v) is 3.64. The normalized spacial score (nSPS) is 12.0. The van der Waals surface area contributed by atoms with Crippen LogP contribution in [0.5, 0.6) is 5.75 Å². The summed E-state index contributed by atoms with van der Waals surface area (Å²) in [7, 11) is 1.64. The van der Waals surface area contributed by atoms with E-state index in [0.717, 1.165) is 22.7 Å². The molecule has 1 heterocycles. The minimum atomic E-state index is -0.174. The summed E-state index contributed by atoms with van der Waals surface area (Å²) in [6.07, 6.45) is 2.44. The number of methoxy groups -OCH3 is 1. The fraction of sp³-hybridized carbons (Fsp3) is 0.412. The van der Waals surface area contributed by atoms with Crippen molar-refractivity contribution in [3.05, 3.63) is 41.7 Å². The molecular formula is C17H22N2O3. The van der Waals surface area contributed by atoms with Crippen molar-refractivity contribution in [2.75, 3.05) is 13.7 Å². The Morgan fingerprint density at radius 3 is 2.59 bits per heavy atom. The van der Waals surface area contributed by atoms with Crippen molar-refractivity contribution in [3.63, 3.8) is 0 Å². The molecule has 0 spiro atoms. The fourth-order valence-electron chi connectivity index (χ4n) is 2.33. The van der Waals surface area contributed by atoms with Crippen molar-refractivity contribution in [1.82, 2.24) is 9.78 Å². The molecule has 0 amide bonds. The second kappa shape index (κ2) is 7.11. The zero-order valence-electron chi connectivity index (χ0n) is 13.5. The molecule has 1 aromatic carbocycles. The van der Waals surface area contributed by atoms with Crippen LogP contribution in [0.4, 0.5) is 0 Å². The lowest BCUT2D eigenvalue weighted by Crippen LogP contribution is -2.17. The van der Waals surface area contributed by atoms with Crippen molar-refractivity contribution in [3.8, 4) is 11.4 Å². The number of rotatable bonds is 6. The summed E-state index contributed by atoms with van der Waals surface area (Å²) in [6.45, 7) is 6.11. The molecule has 2 aromatic rings. The van der Waals surface area contributed by atoms with E-state index in [1.807, 2.05) is 55.9 Å². The number of carbonyl (C=O) groups is 1. The maximum atomic E-state index is 11.7. The highest BCUT2D eigenvalue weighted by Gasteiger charge is 2.18. The van der Waals surface area contributed by atoms with E-state index >= 15 is 0 Å². The first-order valence-electron chi connectivity index (χ1n) is 7.41. The summed E-state index contributed by atoms with van der Waals surface area (Å²) in [5.74, 6) is 0.469. The summed E-state index contributed by atoms with van der Waals surface area (Å²) in [5.41, 5.74) is 3.05. The molecule has 0 aliphatic carbocycles. The lowest BCUT2D eigenvalue weighted by Gasteiger charge is -2.10. The fourth-order valence-corrected chi connectivity index (χ4v) is 2.33. The van der Waals surface area contributed by atoms with Crippen LogP contribution < -0.4 is 4.74 Å². The summed E-state index contributed by atoms with van der Waals surface area (Å²) < 4.78 is 12.1. The Kier molecular flexibility index (Phi) is 5.20. The number of ether oxygens (including phenoxy) is 2. The van der Waals surface area contributed by atoms with Gasteiger partial charge in [0.2, 0.25) is 0 Å². The van der Waals surface area contributed by atoms with E-state index in [9.17, 15) is 4.79 Å². The molecular weight excluding hydrogens is 280 g/mol. The Morgan fingerprint density at radius 2 is 2.00 bits per heavy atom. The third kappa shape index (κ3) is 3.47. The number of aromatic nitrogens is 2. The average molecular weight is 302 g/mol. The predicted molar refractivity (Wildman–Crippen MR) is 84.4 cm³/mol. The molecule has 0 saturated carbocycles. The monoisotopic (exact) mass is 302 g/mol. The van der Waals surface area contributed by atoms with Gasteiger partial charge >= 0.3 is 5.97 Å². The Hall–Kier alpha value is -2.30. The molecule has 0 unspecified atom stereocenters. The highest BCUT2D eigenvalue weighted by atomic mass is 16.5. The lowest BCUT2D eigenvalue weighted by molar-refractivity contribution is -0.147. The standard InChI is InChI=1S/C17H22N2O3/c1-5-22-17(20)12(2)10-14-11-18-19(13(14)3)15-6-8-16(21-4)9-7-15/h6-9,11-12H,5,10H2,1-4H3/t12-/m1/s1. The number of hydrogen-bond donors (Lipinski definition) is 0. The highest BCUT2D eigenvalue weighted by Crippen LogP contribution is 2.20. The maximum Gasteiger partial charge on any atom is 0.308 e. The van der Waals surface area contributed by atoms with Gasteiger partial charge in [-0.2, -0.15) is 5.10 Å². The van der Waals surface area contributed by atoms with E-state index < -0.39 is 0 Å². The van der Waals surface area contributed by atoms with Crippen LogP contribution >= 0.6 is 0 Å². The number of hydrogen-bond acceptors (Lipinski definition) is 4. The highest BCUT2D eigenvalue weighted by molar-refractivity contribution is 5.72. The number of carbonyl (C=O) groups excluding carboxylic acids is 1. The Balaban J connectivity index is 2.16. The average Bonchev–Trinajstić information content (AvgIpc) is 2.88. The van der Waals surface area contributed by atoms with E-state index in [-0.39, 0.29) is 11.9 Å². The molecule has 2 rings (SSSR count). The van der Waals surface area contributed by atoms with Crippen LogP contribution in [0.25, 0.3) is 5.69 Å². The predicted octanol–water partition coefficient (Wildman–Crippen LogP) is 2.93. The molecule has 22 heavy (non-hydrogen) atoms. The van der Waals surface area contributed by atoms with Gasteiger partial charge in [-0.3, -0.25) is 4.79 Å². The van der Waals surface area contributed by atoms with Crippen LogP contribution in [0.15, 0.2) is 30.5 Å². The second-order valence-corrected chi connectivity index (χ2v) is 5.22. The van der Waals surface area contributed by atoms with E-state index in [0.29, 0.717) is 13.0 Å². The van der Waals surface area contributed by atoms with E-state index in [1.165, 1.54) is 0 Å². The van der Waals surface area contributed by atoms with Crippen LogP contribution in [0.3, 0.4) is 0 Å². The van der Waals surface area contributed by atoms with Crippen molar-refractivity contribution in [2.45, 2.75) is 27.2 Å². The molecule has 0 fully saturated rings. The molecule has 5 heteroatoms. The third-order valence-electron chi connectivity index (χ3n) is 3.64. The van der Waals surface area contributed by atoms with Crippen molar-refractivity contribution < 1.29 is 14.3 Å². The van der Waals surface area contributed by atoms with E-state index in [1.54, 1.807) is 7.11 Å². The quantitative estimate of drug-likeness (QED) is 0.770. The minimum Gasteiger partial charge on any atom is -0.497 e. The van der Waals surface area contributed by atoms with Crippen molar-refractivity contribution in [1.29, 1.82) is 0 Å². The first kappa shape index (κ1) is 16.1. The summed E-state index contributed by atoms with van der Waals surface area (Å²) in [5, 5.41) is 4.42. The molecule has 0 aliphatic rings. The van der Waals surface area contributed by atoms with Crippen LogP contribution in [-0.4, -0.2) is 29.5 Å². The van der Waals surface area contributed by atoms with Gasteiger partial charge in [-0.05, 0) is 50.1 Å². The van der Waals surface area contributed by atoms with Gasteiger partial charge in [0.1, 0.15) is 5.75 Å². The molecule has 0 saturated heterocycles. The molecule has 1 aromatic heterocycles. The van der Waals surface area contributed by atoms with Crippen molar-refractivity contribution >= 4 is 5.97 Å². The van der Waals surface area contributed by atoms with Gasteiger partial charge in [0, 0.05) is 5.69 Å². The summed E-state index contributed by atoms with van der Waals surface area (Å²) in [4.78, 5) is 11.7. The van der Waals surface area contributed by atoms with Gasteiger partial charge in [0.05, 0.1) is 31.5 Å². The Labute approximate surface area is 130 Å². The zero-order chi connectivity index (χ0) is 16.1. The number of esters is 1. The SMILES string of the molecule is CCOC(=O)[C@H](C)Cc1cnn(-c2ccc(OC)cc2)c1C. The largest absolute Gasteiger partial charge is 0.497 e. The number of benzene rings is 1. The lowest BCUT2D eigenvalue weighted by atomic mass is 10.0. The molecule has 0 radical (unpaired) electrons. The maximum absolute atomic E-state index is 11.7. The van der Waals surface area contributed by atoms with Gasteiger partial charge < -0.3 is 9.47 Å². The summed E-state index contributed by atoms with van der Waals surface area (Å²) in [6, 6.07) is 7.71. The Bertz CT molecular complexity index is 632. The van der Waals surface area contributed by atoms with E-state index in [4.69, 9.17) is 9.47 Å². The van der Waals surface area contributed by atoms with Gasteiger partial charge in [-0.15, -0.1) is 0 Å². The van der Waals surface area contributed by atoms with Crippen LogP contribution in [0, 0.1) is 12.8 Å². The van der Waals surface area contributed by atoms with Crippen LogP contribution in [-0.2, 0) is 16.0 Å². The smallest absolute Gasteiger partial charge is 0.308 e. The molecule has 118 valence electrons. The van der Waals surface area contributed by atoms with Crippen molar-refractivity contribution in [2.24, 2.45) is 5.92 Å². The number of nitrogens with zero attached hydrogens (tertiary/aromatic N) is 2. The second-order valence-electron chi connectivity index (χ2n) is 5.22. The van der Waals surface area contributed by atoms with Gasteiger partial charge in [-0.1, -0.05) is 6.92 Å². The molecule has 5 nitrogen and oxygen atoms in total. The minimum absolute atomic E-state index is 0.168. The summed E-state index contributed by atoms with van der Waals surface area (Å²) >= 11 is 0. The van der Waals surface area contributed by atoms with Crippen LogP contribution in [0.1, 0.15) is 25.1 Å². The molecule has 0 bridgehead atoms. The molecule has 0 aliphatic heterocycles. The van der Waals surface area contributed by atoms with Gasteiger partial charge in [0.15, 0.2) is 0 Å². The first-order chi connectivity index (χ1) is 10.6. The zero-order valence-corrected chi connectivity index (χ0v) is 13.5. The van der Waals surface area contributed by atoms with Gasteiger partial charge in [-0.25, -0.2) is 4.68 Å². The topological polar surface area (TPSA) is 53.3 Å². The van der Waals surface area contributed by atoms with Crippen LogP contribution in [0.2, 0.25) is 0 Å².